The van der Waals surface area contributed by atoms with Crippen molar-refractivity contribution in [3.8, 4) is 0 Å². The van der Waals surface area contributed by atoms with Gasteiger partial charge in [-0.1, -0.05) is 62.7 Å². The summed E-state index contributed by atoms with van der Waals surface area (Å²) >= 11 is 0. The van der Waals surface area contributed by atoms with Gasteiger partial charge >= 0.3 is 5.97 Å². The summed E-state index contributed by atoms with van der Waals surface area (Å²) in [5.74, 6) is -2.28. The summed E-state index contributed by atoms with van der Waals surface area (Å²) in [7, 11) is 1.57. The number of aryl methyl sites for hydroxylation is 3. The zero-order chi connectivity index (χ0) is 24.2. The van der Waals surface area contributed by atoms with Crippen molar-refractivity contribution in [1.29, 1.82) is 0 Å². The van der Waals surface area contributed by atoms with E-state index in [9.17, 15) is 13.6 Å². The van der Waals surface area contributed by atoms with Crippen molar-refractivity contribution in [2.45, 2.75) is 51.4 Å². The molecular formula is C27H34F2O4. The summed E-state index contributed by atoms with van der Waals surface area (Å²) in [5, 5.41) is 8.97. The zero-order valence-electron chi connectivity index (χ0n) is 19.5. The van der Waals surface area contributed by atoms with Gasteiger partial charge in [0.25, 0.3) is 0 Å². The zero-order valence-corrected chi connectivity index (χ0v) is 19.5. The molecule has 0 aliphatic rings. The molecule has 0 saturated carbocycles. The Kier molecular flexibility index (Phi) is 11.2. The SMILES string of the molecule is C=C(CO)C(=O)OCC(COC)c1ccc(CCc2ccc(CCCCC)c(F)c2F)cc1. The Bertz CT molecular complexity index is 909. The van der Waals surface area contributed by atoms with E-state index in [0.717, 1.165) is 30.4 Å². The molecule has 2 aromatic carbocycles. The molecule has 2 aromatic rings. The van der Waals surface area contributed by atoms with Crippen LogP contribution < -0.4 is 0 Å². The van der Waals surface area contributed by atoms with E-state index < -0.39 is 24.2 Å². The molecule has 180 valence electrons. The molecule has 1 N–H and O–H groups in total. The normalized spacial score (nSPS) is 11.9. The first-order valence-corrected chi connectivity index (χ1v) is 11.4. The largest absolute Gasteiger partial charge is 0.462 e. The van der Waals surface area contributed by atoms with Crippen LogP contribution in [-0.2, 0) is 33.5 Å². The molecule has 0 spiro atoms. The highest BCUT2D eigenvalue weighted by molar-refractivity contribution is 5.87. The molecule has 0 aliphatic carbocycles. The Labute approximate surface area is 195 Å². The number of rotatable bonds is 14. The summed E-state index contributed by atoms with van der Waals surface area (Å²) in [6.07, 6.45) is 4.44. The van der Waals surface area contributed by atoms with Crippen molar-refractivity contribution < 1.29 is 28.2 Å². The van der Waals surface area contributed by atoms with Crippen molar-refractivity contribution in [2.24, 2.45) is 0 Å². The number of methoxy groups -OCH3 is 1. The number of hydrogen-bond donors (Lipinski definition) is 1. The molecule has 1 atom stereocenters. The first kappa shape index (κ1) is 26.7. The van der Waals surface area contributed by atoms with Gasteiger partial charge in [0.05, 0.1) is 18.8 Å². The van der Waals surface area contributed by atoms with Gasteiger partial charge in [0.2, 0.25) is 0 Å². The van der Waals surface area contributed by atoms with Crippen LogP contribution in [0.5, 0.6) is 0 Å². The average molecular weight is 461 g/mol. The highest BCUT2D eigenvalue weighted by Crippen LogP contribution is 2.22. The van der Waals surface area contributed by atoms with E-state index in [4.69, 9.17) is 14.6 Å². The maximum Gasteiger partial charge on any atom is 0.335 e. The quantitative estimate of drug-likeness (QED) is 0.236. The third kappa shape index (κ3) is 8.06. The van der Waals surface area contributed by atoms with Crippen LogP contribution >= 0.6 is 0 Å². The minimum Gasteiger partial charge on any atom is -0.462 e. The van der Waals surface area contributed by atoms with Gasteiger partial charge < -0.3 is 14.6 Å². The molecule has 6 heteroatoms. The minimum atomic E-state index is -0.743. The highest BCUT2D eigenvalue weighted by Gasteiger charge is 2.17. The van der Waals surface area contributed by atoms with Crippen molar-refractivity contribution in [1.82, 2.24) is 0 Å². The van der Waals surface area contributed by atoms with Crippen LogP contribution in [-0.4, -0.2) is 38.0 Å². The van der Waals surface area contributed by atoms with E-state index in [0.29, 0.717) is 37.0 Å². The van der Waals surface area contributed by atoms with Crippen LogP contribution in [0.15, 0.2) is 48.6 Å². The van der Waals surface area contributed by atoms with Gasteiger partial charge in [-0.15, -0.1) is 0 Å². The van der Waals surface area contributed by atoms with Crippen LogP contribution in [0.3, 0.4) is 0 Å². The number of aliphatic hydroxyl groups excluding tert-OH is 1. The number of esters is 1. The maximum absolute atomic E-state index is 14.5. The fourth-order valence-corrected chi connectivity index (χ4v) is 3.60. The summed E-state index contributed by atoms with van der Waals surface area (Å²) < 4.78 is 39.3. The van der Waals surface area contributed by atoms with Crippen molar-refractivity contribution in [2.75, 3.05) is 26.9 Å². The number of benzene rings is 2. The molecule has 33 heavy (non-hydrogen) atoms. The molecule has 0 amide bonds. The minimum absolute atomic E-state index is 0.000763. The van der Waals surface area contributed by atoms with Crippen molar-refractivity contribution in [3.63, 3.8) is 0 Å². The van der Waals surface area contributed by atoms with E-state index >= 15 is 0 Å². The number of ether oxygens (including phenoxy) is 2. The molecule has 0 aliphatic heterocycles. The summed E-state index contributed by atoms with van der Waals surface area (Å²) in [4.78, 5) is 11.7. The van der Waals surface area contributed by atoms with E-state index in [-0.39, 0.29) is 18.1 Å². The van der Waals surface area contributed by atoms with Crippen LogP contribution in [0.25, 0.3) is 0 Å². The predicted molar refractivity (Wildman–Crippen MR) is 125 cm³/mol. The number of aliphatic hydroxyl groups is 1. The van der Waals surface area contributed by atoms with Crippen LogP contribution in [0.4, 0.5) is 8.78 Å². The first-order chi connectivity index (χ1) is 15.9. The molecule has 0 heterocycles. The Morgan fingerprint density at radius 1 is 0.970 bits per heavy atom. The third-order valence-electron chi connectivity index (χ3n) is 5.69. The lowest BCUT2D eigenvalue weighted by atomic mass is 9.96. The molecule has 0 fully saturated rings. The Morgan fingerprint density at radius 3 is 2.18 bits per heavy atom. The molecule has 4 nitrogen and oxygen atoms in total. The fraction of sp³-hybridized carbons (Fsp3) is 0.444. The van der Waals surface area contributed by atoms with Gasteiger partial charge in [0, 0.05) is 13.0 Å². The van der Waals surface area contributed by atoms with Gasteiger partial charge in [-0.2, -0.15) is 0 Å². The van der Waals surface area contributed by atoms with Gasteiger partial charge in [-0.25, -0.2) is 13.6 Å². The second-order valence-corrected chi connectivity index (χ2v) is 8.22. The summed E-state index contributed by atoms with van der Waals surface area (Å²) in [6.45, 7) is 5.53. The van der Waals surface area contributed by atoms with Gasteiger partial charge in [-0.3, -0.25) is 0 Å². The monoisotopic (exact) mass is 460 g/mol. The molecule has 1 unspecified atom stereocenters. The fourth-order valence-electron chi connectivity index (χ4n) is 3.60. The number of halogens is 2. The Morgan fingerprint density at radius 2 is 1.61 bits per heavy atom. The van der Waals surface area contributed by atoms with E-state index in [1.165, 1.54) is 0 Å². The Balaban J connectivity index is 1.98. The lowest BCUT2D eigenvalue weighted by Gasteiger charge is -2.17. The number of hydrogen-bond acceptors (Lipinski definition) is 4. The number of carbonyl (C=O) groups is 1. The number of unbranched alkanes of at least 4 members (excludes halogenated alkanes) is 2. The van der Waals surface area contributed by atoms with E-state index in [1.807, 2.05) is 24.3 Å². The lowest BCUT2D eigenvalue weighted by Crippen LogP contribution is -2.18. The topological polar surface area (TPSA) is 55.8 Å². The van der Waals surface area contributed by atoms with Crippen molar-refractivity contribution in [3.05, 3.63) is 82.4 Å². The molecular weight excluding hydrogens is 426 g/mol. The van der Waals surface area contributed by atoms with Crippen LogP contribution in [0.2, 0.25) is 0 Å². The summed E-state index contributed by atoms with van der Waals surface area (Å²) in [6, 6.07) is 11.1. The highest BCUT2D eigenvalue weighted by atomic mass is 19.2. The van der Waals surface area contributed by atoms with Crippen LogP contribution in [0, 0.1) is 11.6 Å². The second kappa shape index (κ2) is 13.9. The second-order valence-electron chi connectivity index (χ2n) is 8.22. The lowest BCUT2D eigenvalue weighted by molar-refractivity contribution is -0.140. The average Bonchev–Trinajstić information content (AvgIpc) is 2.83. The Hall–Kier alpha value is -2.57. The molecule has 2 rings (SSSR count). The standard InChI is InChI=1S/C27H34F2O4/c1-4-5-6-7-22-14-15-23(26(29)25(22)28)13-10-20-8-11-21(12-9-20)24(17-32-3)18-33-27(31)19(2)16-30/h8-9,11-12,14-15,24,30H,2,4-7,10,13,16-18H2,1,3H3. The maximum atomic E-state index is 14.5. The molecule has 0 radical (unpaired) electrons. The molecule has 0 saturated heterocycles. The smallest absolute Gasteiger partial charge is 0.335 e. The predicted octanol–water partition coefficient (Wildman–Crippen LogP) is 5.30. The first-order valence-electron chi connectivity index (χ1n) is 11.4. The third-order valence-corrected chi connectivity index (χ3v) is 5.69. The molecule has 0 bridgehead atoms. The molecule has 0 aromatic heterocycles. The van der Waals surface area contributed by atoms with E-state index in [1.54, 1.807) is 19.2 Å². The van der Waals surface area contributed by atoms with E-state index in [2.05, 4.69) is 13.5 Å². The number of carbonyl (C=O) groups excluding carboxylic acids is 1. The van der Waals surface area contributed by atoms with Gasteiger partial charge in [0.1, 0.15) is 6.61 Å². The van der Waals surface area contributed by atoms with Gasteiger partial charge in [-0.05, 0) is 47.9 Å². The van der Waals surface area contributed by atoms with Crippen molar-refractivity contribution >= 4 is 5.97 Å². The summed E-state index contributed by atoms with van der Waals surface area (Å²) in [5.41, 5.74) is 2.74. The van der Waals surface area contributed by atoms with Crippen LogP contribution in [0.1, 0.15) is 54.4 Å². The van der Waals surface area contributed by atoms with Gasteiger partial charge in [0.15, 0.2) is 11.6 Å².